The molecule has 1 fully saturated rings. The Hall–Kier alpha value is -0.640. The Morgan fingerprint density at radius 1 is 1.47 bits per heavy atom. The van der Waals surface area contributed by atoms with Crippen molar-refractivity contribution in [3.05, 3.63) is 34.6 Å². The average molecular weight is 285 g/mol. The maximum atomic E-state index is 13.3. The minimum absolute atomic E-state index is 0.187. The predicted molar refractivity (Wildman–Crippen MR) is 77.9 cm³/mol. The Balaban J connectivity index is 1.73. The maximum Gasteiger partial charge on any atom is 0.142 e. The third kappa shape index (κ3) is 4.16. The van der Waals surface area contributed by atoms with Crippen LogP contribution >= 0.6 is 11.6 Å². The summed E-state index contributed by atoms with van der Waals surface area (Å²) in [5.41, 5.74) is 0.945. The van der Waals surface area contributed by atoms with Crippen LogP contribution in [0.5, 0.6) is 0 Å². The SMILES string of the molecule is CC(C)N1CCC(CNCc2ccc(Cl)c(F)c2)C1. The van der Waals surface area contributed by atoms with E-state index in [-0.39, 0.29) is 10.8 Å². The van der Waals surface area contributed by atoms with Crippen molar-refractivity contribution in [3.8, 4) is 0 Å². The maximum absolute atomic E-state index is 13.3. The van der Waals surface area contributed by atoms with E-state index < -0.39 is 0 Å². The molecule has 0 aliphatic carbocycles. The highest BCUT2D eigenvalue weighted by atomic mass is 35.5. The first-order valence-corrected chi connectivity index (χ1v) is 7.32. The molecule has 2 rings (SSSR count). The van der Waals surface area contributed by atoms with Crippen LogP contribution < -0.4 is 5.32 Å². The Kier molecular flexibility index (Phi) is 5.20. The van der Waals surface area contributed by atoms with E-state index in [1.807, 2.05) is 6.07 Å². The van der Waals surface area contributed by atoms with E-state index in [0.29, 0.717) is 18.5 Å². The smallest absolute Gasteiger partial charge is 0.142 e. The van der Waals surface area contributed by atoms with Gasteiger partial charge in [0.25, 0.3) is 0 Å². The van der Waals surface area contributed by atoms with Gasteiger partial charge in [-0.15, -0.1) is 0 Å². The first-order chi connectivity index (χ1) is 9.06. The highest BCUT2D eigenvalue weighted by Crippen LogP contribution is 2.18. The fourth-order valence-corrected chi connectivity index (χ4v) is 2.69. The second kappa shape index (κ2) is 6.69. The quantitative estimate of drug-likeness (QED) is 0.892. The zero-order valence-electron chi connectivity index (χ0n) is 11.6. The molecule has 0 amide bonds. The summed E-state index contributed by atoms with van der Waals surface area (Å²) in [5, 5.41) is 3.60. The number of likely N-dealkylation sites (tertiary alicyclic amines) is 1. The van der Waals surface area contributed by atoms with E-state index in [1.165, 1.54) is 25.6 Å². The van der Waals surface area contributed by atoms with Crippen LogP contribution in [-0.4, -0.2) is 30.6 Å². The van der Waals surface area contributed by atoms with Crippen molar-refractivity contribution in [1.82, 2.24) is 10.2 Å². The van der Waals surface area contributed by atoms with Crippen LogP contribution in [0.1, 0.15) is 25.8 Å². The van der Waals surface area contributed by atoms with E-state index in [9.17, 15) is 4.39 Å². The summed E-state index contributed by atoms with van der Waals surface area (Å²) in [5.74, 6) is 0.368. The van der Waals surface area contributed by atoms with Gasteiger partial charge in [-0.05, 0) is 57.0 Å². The Labute approximate surface area is 119 Å². The second-order valence-electron chi connectivity index (χ2n) is 5.62. The van der Waals surface area contributed by atoms with Crippen molar-refractivity contribution in [2.75, 3.05) is 19.6 Å². The first kappa shape index (κ1) is 14.8. The zero-order valence-corrected chi connectivity index (χ0v) is 12.4. The molecule has 0 aromatic heterocycles. The molecule has 0 radical (unpaired) electrons. The van der Waals surface area contributed by atoms with Crippen molar-refractivity contribution in [2.45, 2.75) is 32.9 Å². The Morgan fingerprint density at radius 2 is 2.26 bits per heavy atom. The summed E-state index contributed by atoms with van der Waals surface area (Å²) in [6, 6.07) is 5.62. The van der Waals surface area contributed by atoms with E-state index in [1.54, 1.807) is 6.07 Å². The van der Waals surface area contributed by atoms with Crippen molar-refractivity contribution in [3.63, 3.8) is 0 Å². The Bertz CT molecular complexity index is 423. The number of rotatable bonds is 5. The van der Waals surface area contributed by atoms with E-state index in [0.717, 1.165) is 12.1 Å². The van der Waals surface area contributed by atoms with Crippen molar-refractivity contribution >= 4 is 11.6 Å². The monoisotopic (exact) mass is 284 g/mol. The molecule has 4 heteroatoms. The van der Waals surface area contributed by atoms with Gasteiger partial charge in [-0.2, -0.15) is 0 Å². The molecule has 1 aliphatic heterocycles. The van der Waals surface area contributed by atoms with Crippen LogP contribution in [0.2, 0.25) is 5.02 Å². The highest BCUT2D eigenvalue weighted by molar-refractivity contribution is 6.30. The number of benzene rings is 1. The molecule has 1 heterocycles. The summed E-state index contributed by atoms with van der Waals surface area (Å²) in [4.78, 5) is 2.51. The molecule has 1 aliphatic rings. The summed E-state index contributed by atoms with van der Waals surface area (Å²) in [7, 11) is 0. The van der Waals surface area contributed by atoms with Gasteiger partial charge in [-0.25, -0.2) is 4.39 Å². The van der Waals surface area contributed by atoms with E-state index in [2.05, 4.69) is 24.1 Å². The summed E-state index contributed by atoms with van der Waals surface area (Å²) < 4.78 is 13.3. The molecule has 19 heavy (non-hydrogen) atoms. The van der Waals surface area contributed by atoms with Gasteiger partial charge in [0.05, 0.1) is 5.02 Å². The van der Waals surface area contributed by atoms with Crippen LogP contribution in [0.4, 0.5) is 4.39 Å². The molecule has 1 aromatic rings. The molecule has 106 valence electrons. The number of halogens is 2. The number of hydrogen-bond acceptors (Lipinski definition) is 2. The number of nitrogens with zero attached hydrogens (tertiary/aromatic N) is 1. The lowest BCUT2D eigenvalue weighted by Crippen LogP contribution is -2.30. The molecule has 0 bridgehead atoms. The van der Waals surface area contributed by atoms with Gasteiger partial charge in [0, 0.05) is 19.1 Å². The van der Waals surface area contributed by atoms with Crippen LogP contribution in [0.3, 0.4) is 0 Å². The molecule has 1 aromatic carbocycles. The van der Waals surface area contributed by atoms with Crippen LogP contribution in [-0.2, 0) is 6.54 Å². The summed E-state index contributed by atoms with van der Waals surface area (Å²) in [6.45, 7) is 8.54. The van der Waals surface area contributed by atoms with Gasteiger partial charge in [-0.1, -0.05) is 17.7 Å². The minimum atomic E-state index is -0.340. The van der Waals surface area contributed by atoms with Gasteiger partial charge in [0.2, 0.25) is 0 Å². The average Bonchev–Trinajstić information content (AvgIpc) is 2.83. The third-order valence-electron chi connectivity index (χ3n) is 3.79. The summed E-state index contributed by atoms with van der Waals surface area (Å²) in [6.07, 6.45) is 1.25. The normalized spacial score (nSPS) is 20.4. The van der Waals surface area contributed by atoms with Crippen molar-refractivity contribution in [1.29, 1.82) is 0 Å². The van der Waals surface area contributed by atoms with Crippen molar-refractivity contribution in [2.24, 2.45) is 5.92 Å². The largest absolute Gasteiger partial charge is 0.312 e. The predicted octanol–water partition coefficient (Wildman–Crippen LogP) is 3.30. The van der Waals surface area contributed by atoms with Gasteiger partial charge in [0.15, 0.2) is 0 Å². The molecule has 1 N–H and O–H groups in total. The fourth-order valence-electron chi connectivity index (χ4n) is 2.57. The summed E-state index contributed by atoms with van der Waals surface area (Å²) >= 11 is 5.66. The van der Waals surface area contributed by atoms with Gasteiger partial charge >= 0.3 is 0 Å². The van der Waals surface area contributed by atoms with Gasteiger partial charge in [-0.3, -0.25) is 0 Å². The molecule has 1 unspecified atom stereocenters. The van der Waals surface area contributed by atoms with Crippen LogP contribution in [0.15, 0.2) is 18.2 Å². The molecule has 1 atom stereocenters. The van der Waals surface area contributed by atoms with Crippen LogP contribution in [0, 0.1) is 11.7 Å². The van der Waals surface area contributed by atoms with Gasteiger partial charge in [0.1, 0.15) is 5.82 Å². The molecule has 1 saturated heterocycles. The molecular weight excluding hydrogens is 263 g/mol. The standard InChI is InChI=1S/C15H22ClFN2/c1-11(2)19-6-5-13(10-19)9-18-8-12-3-4-14(16)15(17)7-12/h3-4,7,11,13,18H,5-6,8-10H2,1-2H3. The van der Waals surface area contributed by atoms with Crippen LogP contribution in [0.25, 0.3) is 0 Å². The third-order valence-corrected chi connectivity index (χ3v) is 4.10. The lowest BCUT2D eigenvalue weighted by molar-refractivity contribution is 0.264. The highest BCUT2D eigenvalue weighted by Gasteiger charge is 2.23. The fraction of sp³-hybridized carbons (Fsp3) is 0.600. The van der Waals surface area contributed by atoms with Crippen molar-refractivity contribution < 1.29 is 4.39 Å². The van der Waals surface area contributed by atoms with Gasteiger partial charge < -0.3 is 10.2 Å². The minimum Gasteiger partial charge on any atom is -0.312 e. The van der Waals surface area contributed by atoms with E-state index in [4.69, 9.17) is 11.6 Å². The molecule has 2 nitrogen and oxygen atoms in total. The Morgan fingerprint density at radius 3 is 2.89 bits per heavy atom. The first-order valence-electron chi connectivity index (χ1n) is 6.95. The topological polar surface area (TPSA) is 15.3 Å². The molecular formula is C15H22ClFN2. The molecule has 0 spiro atoms. The van der Waals surface area contributed by atoms with E-state index >= 15 is 0 Å². The lowest BCUT2D eigenvalue weighted by atomic mass is 10.1. The second-order valence-corrected chi connectivity index (χ2v) is 6.03. The lowest BCUT2D eigenvalue weighted by Gasteiger charge is -2.20. The molecule has 0 saturated carbocycles. The zero-order chi connectivity index (χ0) is 13.8. The number of hydrogen-bond donors (Lipinski definition) is 1. The number of nitrogens with one attached hydrogen (secondary N) is 1.